The van der Waals surface area contributed by atoms with E-state index in [2.05, 4.69) is 4.98 Å². The number of nitrogens with two attached hydrogens (primary N) is 1. The van der Waals surface area contributed by atoms with Crippen LogP contribution in [0.2, 0.25) is 0 Å². The van der Waals surface area contributed by atoms with E-state index in [4.69, 9.17) is 15.3 Å². The van der Waals surface area contributed by atoms with Crippen molar-refractivity contribution in [2.45, 2.75) is 0 Å². The molecule has 2 heterocycles. The van der Waals surface area contributed by atoms with Crippen molar-refractivity contribution in [3.8, 4) is 0 Å². The maximum absolute atomic E-state index is 10.8. The molecule has 100 valence electrons. The van der Waals surface area contributed by atoms with E-state index in [0.717, 1.165) is 0 Å². The van der Waals surface area contributed by atoms with Gasteiger partial charge in [-0.2, -0.15) is 4.98 Å². The average Bonchev–Trinajstić information content (AvgIpc) is 2.84. The average molecular weight is 262 g/mol. The summed E-state index contributed by atoms with van der Waals surface area (Å²) in [5.74, 6) is 0. The van der Waals surface area contributed by atoms with Crippen LogP contribution in [0.15, 0.2) is 22.6 Å². The van der Waals surface area contributed by atoms with Gasteiger partial charge >= 0.3 is 6.09 Å². The lowest BCUT2D eigenvalue weighted by Gasteiger charge is -2.31. The minimum absolute atomic E-state index is 0.448. The van der Waals surface area contributed by atoms with Crippen molar-refractivity contribution in [2.24, 2.45) is 0 Å². The Hall–Kier alpha value is -2.44. The summed E-state index contributed by atoms with van der Waals surface area (Å²) in [6, 6.07) is 5.90. The molecule has 3 rings (SSSR count). The highest BCUT2D eigenvalue weighted by atomic mass is 16.4. The first-order valence-electron chi connectivity index (χ1n) is 6.03. The predicted molar refractivity (Wildman–Crippen MR) is 70.2 cm³/mol. The van der Waals surface area contributed by atoms with E-state index in [1.165, 1.54) is 4.90 Å². The van der Waals surface area contributed by atoms with Crippen LogP contribution in [0.3, 0.4) is 0 Å². The number of piperazine rings is 1. The number of hydrogen-bond acceptors (Lipinski definition) is 5. The molecule has 1 aliphatic heterocycles. The van der Waals surface area contributed by atoms with Crippen LogP contribution in [0.25, 0.3) is 11.1 Å². The maximum atomic E-state index is 10.8. The molecule has 2 aromatic rings. The molecule has 0 spiro atoms. The summed E-state index contributed by atoms with van der Waals surface area (Å²) in [6.07, 6.45) is -0.888. The first-order chi connectivity index (χ1) is 9.15. The van der Waals surface area contributed by atoms with E-state index in [1.54, 1.807) is 6.07 Å². The van der Waals surface area contributed by atoms with Gasteiger partial charge in [0.2, 0.25) is 0 Å². The van der Waals surface area contributed by atoms with E-state index in [0.29, 0.717) is 49.0 Å². The highest BCUT2D eigenvalue weighted by Gasteiger charge is 2.23. The summed E-state index contributed by atoms with van der Waals surface area (Å²) in [5, 5.41) is 8.90. The fraction of sp³-hybridized carbons (Fsp3) is 0.333. The Morgan fingerprint density at radius 3 is 2.68 bits per heavy atom. The summed E-state index contributed by atoms with van der Waals surface area (Å²) in [6.45, 7) is 2.03. The molecule has 19 heavy (non-hydrogen) atoms. The molecule has 1 fully saturated rings. The second-order valence-electron chi connectivity index (χ2n) is 4.45. The van der Waals surface area contributed by atoms with Gasteiger partial charge in [0.1, 0.15) is 5.52 Å². The minimum Gasteiger partial charge on any atom is -0.465 e. The second-order valence-corrected chi connectivity index (χ2v) is 4.45. The molecule has 0 radical (unpaired) electrons. The number of amides is 1. The normalized spacial score (nSPS) is 16.0. The molecule has 7 nitrogen and oxygen atoms in total. The van der Waals surface area contributed by atoms with Crippen LogP contribution in [0.1, 0.15) is 0 Å². The van der Waals surface area contributed by atoms with Crippen molar-refractivity contribution >= 4 is 28.9 Å². The summed E-state index contributed by atoms with van der Waals surface area (Å²) < 4.78 is 5.65. The monoisotopic (exact) mass is 262 g/mol. The van der Waals surface area contributed by atoms with Crippen molar-refractivity contribution in [1.29, 1.82) is 0 Å². The third kappa shape index (κ3) is 2.03. The van der Waals surface area contributed by atoms with Gasteiger partial charge in [-0.1, -0.05) is 6.07 Å². The third-order valence-electron chi connectivity index (χ3n) is 3.26. The number of fused-ring (bicyclic) bond motifs is 1. The number of nitrogen functional groups attached to an aromatic ring is 1. The Morgan fingerprint density at radius 2 is 2.05 bits per heavy atom. The Labute approximate surface area is 109 Å². The minimum atomic E-state index is -0.888. The Balaban J connectivity index is 1.82. The Morgan fingerprint density at radius 1 is 1.32 bits per heavy atom. The zero-order valence-corrected chi connectivity index (χ0v) is 10.2. The van der Waals surface area contributed by atoms with Crippen LogP contribution >= 0.6 is 0 Å². The zero-order chi connectivity index (χ0) is 13.4. The number of para-hydroxylation sites is 1. The number of carboxylic acid groups (broad SMARTS) is 1. The highest BCUT2D eigenvalue weighted by Crippen LogP contribution is 2.26. The zero-order valence-electron chi connectivity index (χ0n) is 10.2. The molecule has 0 saturated carbocycles. The number of oxazole rings is 1. The van der Waals surface area contributed by atoms with Gasteiger partial charge in [0.15, 0.2) is 5.58 Å². The van der Waals surface area contributed by atoms with Gasteiger partial charge in [-0.25, -0.2) is 4.79 Å². The fourth-order valence-corrected chi connectivity index (χ4v) is 2.18. The van der Waals surface area contributed by atoms with E-state index in [9.17, 15) is 4.79 Å². The first kappa shape index (κ1) is 11.6. The number of rotatable bonds is 1. The highest BCUT2D eigenvalue weighted by molar-refractivity contribution is 5.86. The van der Waals surface area contributed by atoms with E-state index in [1.807, 2.05) is 17.0 Å². The number of anilines is 2. The molecule has 0 bridgehead atoms. The van der Waals surface area contributed by atoms with Crippen molar-refractivity contribution in [2.75, 3.05) is 36.8 Å². The van der Waals surface area contributed by atoms with Gasteiger partial charge < -0.3 is 25.1 Å². The number of nitrogens with zero attached hydrogens (tertiary/aromatic N) is 3. The molecule has 1 aromatic carbocycles. The van der Waals surface area contributed by atoms with Crippen molar-refractivity contribution in [3.05, 3.63) is 18.2 Å². The molecule has 0 aliphatic carbocycles. The van der Waals surface area contributed by atoms with Gasteiger partial charge in [-0.05, 0) is 12.1 Å². The topological polar surface area (TPSA) is 95.8 Å². The number of benzene rings is 1. The SMILES string of the molecule is Nc1cccc2oc(N3CCN(C(=O)O)CC3)nc12. The number of carbonyl (C=O) groups is 1. The van der Waals surface area contributed by atoms with Crippen molar-refractivity contribution < 1.29 is 14.3 Å². The van der Waals surface area contributed by atoms with Gasteiger partial charge in [-0.15, -0.1) is 0 Å². The van der Waals surface area contributed by atoms with Crippen LogP contribution in [0.5, 0.6) is 0 Å². The lowest BCUT2D eigenvalue weighted by atomic mass is 10.3. The molecule has 0 unspecified atom stereocenters. The molecular formula is C12H14N4O3. The second kappa shape index (κ2) is 4.34. The summed E-state index contributed by atoms with van der Waals surface area (Å²) in [7, 11) is 0. The predicted octanol–water partition coefficient (Wildman–Crippen LogP) is 1.21. The van der Waals surface area contributed by atoms with Crippen LogP contribution in [-0.4, -0.2) is 47.3 Å². The molecule has 1 amide bonds. The van der Waals surface area contributed by atoms with E-state index < -0.39 is 6.09 Å². The molecule has 1 aliphatic rings. The molecule has 0 atom stereocenters. The lowest BCUT2D eigenvalue weighted by molar-refractivity contribution is 0.142. The van der Waals surface area contributed by atoms with Gasteiger partial charge in [0, 0.05) is 26.2 Å². The quantitative estimate of drug-likeness (QED) is 0.750. The largest absolute Gasteiger partial charge is 0.465 e. The maximum Gasteiger partial charge on any atom is 0.407 e. The molecule has 3 N–H and O–H groups in total. The number of aromatic nitrogens is 1. The lowest BCUT2D eigenvalue weighted by Crippen LogP contribution is -2.48. The molecule has 1 saturated heterocycles. The molecular weight excluding hydrogens is 248 g/mol. The van der Waals surface area contributed by atoms with Crippen LogP contribution in [0.4, 0.5) is 16.5 Å². The summed E-state index contributed by atoms with van der Waals surface area (Å²) >= 11 is 0. The Bertz CT molecular complexity index is 616. The van der Waals surface area contributed by atoms with Gasteiger partial charge in [0.25, 0.3) is 6.01 Å². The third-order valence-corrected chi connectivity index (χ3v) is 3.26. The fourth-order valence-electron chi connectivity index (χ4n) is 2.18. The summed E-state index contributed by atoms with van der Waals surface area (Å²) in [5.41, 5.74) is 7.71. The van der Waals surface area contributed by atoms with Crippen LogP contribution in [-0.2, 0) is 0 Å². The number of hydrogen-bond donors (Lipinski definition) is 2. The molecule has 1 aromatic heterocycles. The summed E-state index contributed by atoms with van der Waals surface area (Å²) in [4.78, 5) is 18.5. The first-order valence-corrected chi connectivity index (χ1v) is 6.03. The smallest absolute Gasteiger partial charge is 0.407 e. The van der Waals surface area contributed by atoms with Gasteiger partial charge in [-0.3, -0.25) is 0 Å². The van der Waals surface area contributed by atoms with Gasteiger partial charge in [0.05, 0.1) is 5.69 Å². The molecule has 7 heteroatoms. The standard InChI is InChI=1S/C12H14N4O3/c13-8-2-1-3-9-10(8)14-11(19-9)15-4-6-16(7-5-15)12(17)18/h1-3H,4-7,13H2,(H,17,18). The van der Waals surface area contributed by atoms with E-state index >= 15 is 0 Å². The van der Waals surface area contributed by atoms with E-state index in [-0.39, 0.29) is 0 Å². The van der Waals surface area contributed by atoms with Crippen molar-refractivity contribution in [3.63, 3.8) is 0 Å². The Kier molecular flexibility index (Phi) is 2.66. The van der Waals surface area contributed by atoms with Crippen molar-refractivity contribution in [1.82, 2.24) is 9.88 Å². The van der Waals surface area contributed by atoms with Crippen LogP contribution in [0, 0.1) is 0 Å². The van der Waals surface area contributed by atoms with Crippen LogP contribution < -0.4 is 10.6 Å².